The van der Waals surface area contributed by atoms with Gasteiger partial charge in [0.15, 0.2) is 0 Å². The Labute approximate surface area is 246 Å². The fourth-order valence-electron chi connectivity index (χ4n) is 6.42. The van der Waals surface area contributed by atoms with Crippen molar-refractivity contribution in [3.8, 4) is 33.8 Å². The summed E-state index contributed by atoms with van der Waals surface area (Å²) in [5, 5.41) is 9.61. The van der Waals surface area contributed by atoms with E-state index < -0.39 is 5.95 Å². The first-order valence-electron chi connectivity index (χ1n) is 14.3. The highest BCUT2D eigenvalue weighted by Gasteiger charge is 2.14. The van der Waals surface area contributed by atoms with E-state index in [9.17, 15) is 4.39 Å². The third kappa shape index (κ3) is 3.77. The Morgan fingerprint density at radius 1 is 0.372 bits per heavy atom. The van der Waals surface area contributed by atoms with E-state index in [0.717, 1.165) is 49.9 Å². The van der Waals surface area contributed by atoms with E-state index in [-0.39, 0.29) is 0 Å². The monoisotopic (exact) mass is 551 g/mol. The summed E-state index contributed by atoms with van der Waals surface area (Å²) >= 11 is 0. The van der Waals surface area contributed by atoms with Crippen LogP contribution in [-0.2, 0) is 0 Å². The molecule has 0 saturated heterocycles. The first kappa shape index (κ1) is 23.9. The number of aromatic nitrogens is 3. The second-order valence-corrected chi connectivity index (χ2v) is 11.0. The summed E-state index contributed by atoms with van der Waals surface area (Å²) < 4.78 is 13.7. The molecule has 0 saturated carbocycles. The zero-order valence-corrected chi connectivity index (χ0v) is 22.9. The Balaban J connectivity index is 1.20. The fraction of sp³-hybridized carbons (Fsp3) is 0. The predicted molar refractivity (Wildman–Crippen MR) is 175 cm³/mol. The van der Waals surface area contributed by atoms with Gasteiger partial charge in [-0.3, -0.25) is 0 Å². The van der Waals surface area contributed by atoms with E-state index in [0.29, 0.717) is 5.69 Å². The molecular formula is C39H22FN3. The molecule has 0 fully saturated rings. The number of pyridine rings is 3. The molecule has 0 amide bonds. The molecule has 3 aromatic heterocycles. The molecule has 0 radical (unpaired) electrons. The summed E-state index contributed by atoms with van der Waals surface area (Å²) in [6.45, 7) is 0. The molecule has 0 spiro atoms. The molecule has 0 aliphatic heterocycles. The van der Waals surface area contributed by atoms with Gasteiger partial charge in [0.2, 0.25) is 5.95 Å². The zero-order chi connectivity index (χ0) is 28.5. The lowest BCUT2D eigenvalue weighted by Gasteiger charge is -2.14. The van der Waals surface area contributed by atoms with Gasteiger partial charge in [-0.1, -0.05) is 109 Å². The van der Waals surface area contributed by atoms with E-state index >= 15 is 0 Å². The van der Waals surface area contributed by atoms with Crippen LogP contribution in [0.25, 0.3) is 87.9 Å². The molecule has 9 rings (SSSR count). The maximum atomic E-state index is 13.7. The van der Waals surface area contributed by atoms with Crippen LogP contribution >= 0.6 is 0 Å². The molecule has 9 aromatic rings. The fourth-order valence-corrected chi connectivity index (χ4v) is 6.42. The summed E-state index contributed by atoms with van der Waals surface area (Å²) in [6, 6.07) is 45.1. The minimum absolute atomic E-state index is 0.487. The Morgan fingerprint density at radius 2 is 0.884 bits per heavy atom. The number of benzene rings is 6. The first-order valence-corrected chi connectivity index (χ1v) is 14.3. The van der Waals surface area contributed by atoms with Crippen LogP contribution in [0, 0.1) is 5.95 Å². The third-order valence-corrected chi connectivity index (χ3v) is 8.52. The summed E-state index contributed by atoms with van der Waals surface area (Å²) in [5.41, 5.74) is 7.07. The number of hydrogen-bond acceptors (Lipinski definition) is 3. The van der Waals surface area contributed by atoms with Crippen LogP contribution in [0.3, 0.4) is 0 Å². The molecular weight excluding hydrogens is 529 g/mol. The van der Waals surface area contributed by atoms with Crippen LogP contribution in [0.2, 0.25) is 0 Å². The number of nitrogens with zero attached hydrogens (tertiary/aromatic N) is 3. The van der Waals surface area contributed by atoms with Crippen molar-refractivity contribution < 1.29 is 4.39 Å². The lowest BCUT2D eigenvalue weighted by Crippen LogP contribution is -1.92. The van der Waals surface area contributed by atoms with Gasteiger partial charge < -0.3 is 0 Å². The van der Waals surface area contributed by atoms with Crippen molar-refractivity contribution in [3.05, 3.63) is 139 Å². The van der Waals surface area contributed by atoms with Gasteiger partial charge >= 0.3 is 0 Å². The summed E-state index contributed by atoms with van der Waals surface area (Å²) in [4.78, 5) is 14.4. The van der Waals surface area contributed by atoms with E-state index in [1.807, 2.05) is 36.4 Å². The van der Waals surface area contributed by atoms with Crippen LogP contribution in [0.5, 0.6) is 0 Å². The SMILES string of the molecule is Fc1cccc(-c2ccc(-c3ccc4ccc5ccc(-c6ccc7ccc8cccc9ccc6c7c89)nc5c4n3)cc2)n1. The maximum Gasteiger partial charge on any atom is 0.213 e. The highest BCUT2D eigenvalue weighted by atomic mass is 19.1. The molecule has 0 unspecified atom stereocenters. The molecule has 0 bridgehead atoms. The molecule has 3 nitrogen and oxygen atoms in total. The molecule has 0 N–H and O–H groups in total. The number of halogens is 1. The maximum absolute atomic E-state index is 13.7. The van der Waals surface area contributed by atoms with Gasteiger partial charge in [0.05, 0.1) is 28.1 Å². The average molecular weight is 552 g/mol. The van der Waals surface area contributed by atoms with Gasteiger partial charge in [-0.25, -0.2) is 15.0 Å². The third-order valence-electron chi connectivity index (χ3n) is 8.52. The molecule has 0 atom stereocenters. The summed E-state index contributed by atoms with van der Waals surface area (Å²) in [6.07, 6.45) is 0. The predicted octanol–water partition coefficient (Wildman–Crippen LogP) is 10.2. The highest BCUT2D eigenvalue weighted by molar-refractivity contribution is 6.25. The second kappa shape index (κ2) is 9.13. The molecule has 200 valence electrons. The summed E-state index contributed by atoms with van der Waals surface area (Å²) in [5.74, 6) is -0.487. The zero-order valence-electron chi connectivity index (χ0n) is 22.9. The summed E-state index contributed by atoms with van der Waals surface area (Å²) in [7, 11) is 0. The van der Waals surface area contributed by atoms with Gasteiger partial charge in [-0.2, -0.15) is 4.39 Å². The lowest BCUT2D eigenvalue weighted by atomic mass is 9.91. The van der Waals surface area contributed by atoms with Crippen LogP contribution < -0.4 is 0 Å². The Kier molecular flexibility index (Phi) is 5.08. The number of hydrogen-bond donors (Lipinski definition) is 0. The van der Waals surface area contributed by atoms with Crippen molar-refractivity contribution in [3.63, 3.8) is 0 Å². The molecule has 0 aliphatic rings. The van der Waals surface area contributed by atoms with Crippen molar-refractivity contribution in [2.75, 3.05) is 0 Å². The van der Waals surface area contributed by atoms with Crippen molar-refractivity contribution in [1.82, 2.24) is 15.0 Å². The van der Waals surface area contributed by atoms with E-state index in [1.165, 1.54) is 38.4 Å². The van der Waals surface area contributed by atoms with Crippen molar-refractivity contribution >= 4 is 54.1 Å². The van der Waals surface area contributed by atoms with E-state index in [4.69, 9.17) is 9.97 Å². The van der Waals surface area contributed by atoms with Crippen LogP contribution in [0.4, 0.5) is 4.39 Å². The van der Waals surface area contributed by atoms with Crippen molar-refractivity contribution in [1.29, 1.82) is 0 Å². The topological polar surface area (TPSA) is 38.7 Å². The van der Waals surface area contributed by atoms with Gasteiger partial charge in [0.25, 0.3) is 0 Å². The van der Waals surface area contributed by atoms with Gasteiger partial charge in [-0.15, -0.1) is 0 Å². The quantitative estimate of drug-likeness (QED) is 0.162. The Morgan fingerprint density at radius 3 is 1.58 bits per heavy atom. The van der Waals surface area contributed by atoms with Crippen LogP contribution in [-0.4, -0.2) is 15.0 Å². The van der Waals surface area contributed by atoms with Crippen LogP contribution in [0.15, 0.2) is 133 Å². The first-order chi connectivity index (χ1) is 21.2. The highest BCUT2D eigenvalue weighted by Crippen LogP contribution is 2.39. The minimum Gasteiger partial charge on any atom is -0.245 e. The molecule has 3 heterocycles. The van der Waals surface area contributed by atoms with E-state index in [2.05, 4.69) is 89.9 Å². The average Bonchev–Trinajstić information content (AvgIpc) is 3.07. The Bertz CT molecular complexity index is 2500. The molecule has 0 aliphatic carbocycles. The molecule has 6 aromatic carbocycles. The van der Waals surface area contributed by atoms with E-state index in [1.54, 1.807) is 6.07 Å². The minimum atomic E-state index is -0.487. The normalized spacial score (nSPS) is 11.8. The van der Waals surface area contributed by atoms with Crippen molar-refractivity contribution in [2.45, 2.75) is 0 Å². The van der Waals surface area contributed by atoms with Gasteiger partial charge in [0, 0.05) is 27.5 Å². The van der Waals surface area contributed by atoms with Gasteiger partial charge in [0.1, 0.15) is 0 Å². The Hall–Kier alpha value is -5.74. The number of fused-ring (bicyclic) bond motifs is 3. The molecule has 4 heteroatoms. The van der Waals surface area contributed by atoms with Crippen LogP contribution in [0.1, 0.15) is 0 Å². The largest absolute Gasteiger partial charge is 0.245 e. The smallest absolute Gasteiger partial charge is 0.213 e. The lowest BCUT2D eigenvalue weighted by molar-refractivity contribution is 0.585. The van der Waals surface area contributed by atoms with Crippen molar-refractivity contribution in [2.24, 2.45) is 0 Å². The van der Waals surface area contributed by atoms with Gasteiger partial charge in [-0.05, 0) is 56.6 Å². The standard InChI is InChI=1S/C39H22FN3/c40-35-6-2-5-32(41-35)23-7-9-24(10-8-23)33-21-17-28-13-14-29-18-22-34(43-39(29)38(28)42-33)30-19-15-27-12-11-25-3-1-4-26-16-20-31(30)37(27)36(25)26/h1-22H. The second-order valence-electron chi connectivity index (χ2n) is 11.0. The number of rotatable bonds is 3. The molecule has 43 heavy (non-hydrogen) atoms.